The molecule has 1 fully saturated rings. The number of likely N-dealkylation sites (N-methyl/N-ethyl adjacent to an activating group) is 1. The molecule has 1 N–H and O–H groups in total. The zero-order valence-electron chi connectivity index (χ0n) is 12.6. The van der Waals surface area contributed by atoms with E-state index in [0.29, 0.717) is 18.3 Å². The number of nitrogens with zero attached hydrogens (tertiary/aromatic N) is 3. The molecular weight excluding hydrogens is 268 g/mol. The van der Waals surface area contributed by atoms with Crippen molar-refractivity contribution in [3.63, 3.8) is 0 Å². The second-order valence-electron chi connectivity index (χ2n) is 5.36. The van der Waals surface area contributed by atoms with Gasteiger partial charge in [0.1, 0.15) is 6.10 Å². The fourth-order valence-electron chi connectivity index (χ4n) is 2.44. The van der Waals surface area contributed by atoms with Crippen molar-refractivity contribution in [3.05, 3.63) is 29.7 Å². The van der Waals surface area contributed by atoms with Crippen molar-refractivity contribution in [3.8, 4) is 11.4 Å². The van der Waals surface area contributed by atoms with Crippen molar-refractivity contribution in [1.29, 1.82) is 0 Å². The van der Waals surface area contributed by atoms with E-state index in [2.05, 4.69) is 34.3 Å². The van der Waals surface area contributed by atoms with Crippen LogP contribution in [0.15, 0.2) is 22.7 Å². The van der Waals surface area contributed by atoms with Crippen LogP contribution in [0.2, 0.25) is 0 Å². The molecular formula is C15H20N4O2. The molecule has 2 heterocycles. The predicted octanol–water partition coefficient (Wildman–Crippen LogP) is 2.09. The number of rotatable bonds is 3. The first-order valence-electron chi connectivity index (χ1n) is 7.10. The summed E-state index contributed by atoms with van der Waals surface area (Å²) in [7, 11) is 3.96. The van der Waals surface area contributed by atoms with Crippen molar-refractivity contribution < 1.29 is 9.26 Å². The Morgan fingerprint density at radius 2 is 2.24 bits per heavy atom. The number of nitrogens with one attached hydrogen (secondary N) is 1. The van der Waals surface area contributed by atoms with Gasteiger partial charge in [0.25, 0.3) is 5.89 Å². The highest BCUT2D eigenvalue weighted by molar-refractivity contribution is 5.64. The van der Waals surface area contributed by atoms with Gasteiger partial charge in [0.05, 0.1) is 6.61 Å². The molecule has 1 aliphatic rings. The van der Waals surface area contributed by atoms with Gasteiger partial charge in [-0.1, -0.05) is 17.3 Å². The Hall–Kier alpha value is -1.92. The number of ether oxygens (including phenoxy) is 1. The molecule has 1 saturated heterocycles. The minimum atomic E-state index is -0.140. The topological polar surface area (TPSA) is 63.4 Å². The van der Waals surface area contributed by atoms with Crippen molar-refractivity contribution in [2.75, 3.05) is 39.1 Å². The van der Waals surface area contributed by atoms with E-state index < -0.39 is 0 Å². The van der Waals surface area contributed by atoms with Gasteiger partial charge >= 0.3 is 0 Å². The van der Waals surface area contributed by atoms with Gasteiger partial charge in [0.15, 0.2) is 0 Å². The van der Waals surface area contributed by atoms with Gasteiger partial charge in [-0.15, -0.1) is 0 Å². The van der Waals surface area contributed by atoms with E-state index in [9.17, 15) is 0 Å². The zero-order valence-corrected chi connectivity index (χ0v) is 12.6. The van der Waals surface area contributed by atoms with Crippen LogP contribution in [0.25, 0.3) is 11.4 Å². The average Bonchev–Trinajstić information content (AvgIpc) is 2.97. The molecule has 1 aromatic heterocycles. The van der Waals surface area contributed by atoms with Crippen LogP contribution in [0.1, 0.15) is 17.6 Å². The van der Waals surface area contributed by atoms with E-state index in [4.69, 9.17) is 9.26 Å². The summed E-state index contributed by atoms with van der Waals surface area (Å²) in [5.74, 6) is 1.14. The molecule has 0 bridgehead atoms. The van der Waals surface area contributed by atoms with E-state index in [-0.39, 0.29) is 6.10 Å². The van der Waals surface area contributed by atoms with Crippen LogP contribution >= 0.6 is 0 Å². The summed E-state index contributed by atoms with van der Waals surface area (Å²) in [5.41, 5.74) is 3.18. The molecule has 0 spiro atoms. The van der Waals surface area contributed by atoms with Crippen LogP contribution in [0, 0.1) is 6.92 Å². The first kappa shape index (κ1) is 14.0. The van der Waals surface area contributed by atoms with Gasteiger partial charge in [-0.05, 0) is 25.6 Å². The standard InChI is InChI=1S/C15H20N4O2/c1-10-4-5-11(8-12(10)16-2)14-17-15(21-18-14)13-9-19(3)6-7-20-13/h4-5,8,13,16H,6-7,9H2,1-3H3/t13-/m0/s1. The smallest absolute Gasteiger partial charge is 0.257 e. The van der Waals surface area contributed by atoms with Crippen molar-refractivity contribution in [2.45, 2.75) is 13.0 Å². The number of aryl methyl sites for hydroxylation is 1. The summed E-state index contributed by atoms with van der Waals surface area (Å²) in [6.07, 6.45) is -0.140. The maximum atomic E-state index is 5.70. The van der Waals surface area contributed by atoms with Gasteiger partial charge in [0.2, 0.25) is 5.82 Å². The lowest BCUT2D eigenvalue weighted by molar-refractivity contribution is -0.0366. The number of morpholine rings is 1. The van der Waals surface area contributed by atoms with Crippen LogP contribution in [0.5, 0.6) is 0 Å². The first-order chi connectivity index (χ1) is 10.2. The zero-order chi connectivity index (χ0) is 14.8. The maximum Gasteiger partial charge on any atom is 0.257 e. The third kappa shape index (κ3) is 2.91. The first-order valence-corrected chi connectivity index (χ1v) is 7.10. The van der Waals surface area contributed by atoms with Crippen molar-refractivity contribution in [2.24, 2.45) is 0 Å². The monoisotopic (exact) mass is 288 g/mol. The Bertz CT molecular complexity index is 626. The van der Waals surface area contributed by atoms with Crippen LogP contribution < -0.4 is 5.32 Å². The molecule has 0 radical (unpaired) electrons. The van der Waals surface area contributed by atoms with Crippen LogP contribution in [-0.4, -0.2) is 48.8 Å². The molecule has 1 aliphatic heterocycles. The summed E-state index contributed by atoms with van der Waals surface area (Å²) in [6, 6.07) is 6.07. The van der Waals surface area contributed by atoms with Crippen LogP contribution in [0.4, 0.5) is 5.69 Å². The molecule has 6 nitrogen and oxygen atoms in total. The predicted molar refractivity (Wildman–Crippen MR) is 80.2 cm³/mol. The largest absolute Gasteiger partial charge is 0.388 e. The van der Waals surface area contributed by atoms with Crippen molar-refractivity contribution in [1.82, 2.24) is 15.0 Å². The maximum absolute atomic E-state index is 5.70. The molecule has 2 aromatic rings. The highest BCUT2D eigenvalue weighted by atomic mass is 16.5. The highest BCUT2D eigenvalue weighted by Gasteiger charge is 2.25. The number of hydrogen-bond acceptors (Lipinski definition) is 6. The number of aromatic nitrogens is 2. The third-order valence-electron chi connectivity index (χ3n) is 3.75. The Morgan fingerprint density at radius 3 is 3.00 bits per heavy atom. The minimum Gasteiger partial charge on any atom is -0.388 e. The normalized spacial score (nSPS) is 19.7. The number of hydrogen-bond donors (Lipinski definition) is 1. The summed E-state index contributed by atoms with van der Waals surface area (Å²) in [6.45, 7) is 4.45. The SMILES string of the molecule is CNc1cc(-c2noc([C@@H]3CN(C)CCO3)n2)ccc1C. The Kier molecular flexibility index (Phi) is 3.90. The lowest BCUT2D eigenvalue weighted by Crippen LogP contribution is -2.35. The molecule has 0 saturated carbocycles. The lowest BCUT2D eigenvalue weighted by atomic mass is 10.1. The number of benzene rings is 1. The van der Waals surface area contributed by atoms with E-state index in [1.165, 1.54) is 5.56 Å². The van der Waals surface area contributed by atoms with Gasteiger partial charge in [-0.25, -0.2) is 0 Å². The quantitative estimate of drug-likeness (QED) is 0.933. The molecule has 112 valence electrons. The number of anilines is 1. The van der Waals surface area contributed by atoms with Gasteiger partial charge in [0, 0.05) is 31.4 Å². The third-order valence-corrected chi connectivity index (χ3v) is 3.75. The highest BCUT2D eigenvalue weighted by Crippen LogP contribution is 2.26. The van der Waals surface area contributed by atoms with Crippen molar-refractivity contribution >= 4 is 5.69 Å². The Morgan fingerprint density at radius 1 is 1.38 bits per heavy atom. The van der Waals surface area contributed by atoms with E-state index in [1.807, 2.05) is 25.2 Å². The summed E-state index contributed by atoms with van der Waals surface area (Å²) in [5, 5.41) is 7.24. The molecule has 6 heteroatoms. The Balaban J connectivity index is 1.84. The molecule has 3 rings (SSSR count). The molecule has 0 amide bonds. The molecule has 0 unspecified atom stereocenters. The van der Waals surface area contributed by atoms with E-state index >= 15 is 0 Å². The Labute approximate surface area is 124 Å². The minimum absolute atomic E-state index is 0.140. The van der Waals surface area contributed by atoms with Gasteiger partial charge in [-0.3, -0.25) is 0 Å². The molecule has 1 atom stereocenters. The lowest BCUT2D eigenvalue weighted by Gasteiger charge is -2.27. The summed E-state index contributed by atoms with van der Waals surface area (Å²) < 4.78 is 11.1. The fraction of sp³-hybridized carbons (Fsp3) is 0.467. The van der Waals surface area contributed by atoms with Crippen LogP contribution in [0.3, 0.4) is 0 Å². The average molecular weight is 288 g/mol. The van der Waals surface area contributed by atoms with Gasteiger partial charge < -0.3 is 19.5 Å². The van der Waals surface area contributed by atoms with Crippen LogP contribution in [-0.2, 0) is 4.74 Å². The van der Waals surface area contributed by atoms with E-state index in [0.717, 1.165) is 24.3 Å². The summed E-state index contributed by atoms with van der Waals surface area (Å²) in [4.78, 5) is 6.68. The van der Waals surface area contributed by atoms with Gasteiger partial charge in [-0.2, -0.15) is 4.98 Å². The molecule has 21 heavy (non-hydrogen) atoms. The van der Waals surface area contributed by atoms with E-state index in [1.54, 1.807) is 0 Å². The fourth-order valence-corrected chi connectivity index (χ4v) is 2.44. The molecule has 0 aliphatic carbocycles. The summed E-state index contributed by atoms with van der Waals surface area (Å²) >= 11 is 0. The second-order valence-corrected chi connectivity index (χ2v) is 5.36. The second kappa shape index (κ2) is 5.83. The molecule has 1 aromatic carbocycles.